The van der Waals surface area contributed by atoms with Crippen molar-refractivity contribution < 1.29 is 19.8 Å². The molecule has 1 rings (SSSR count). The largest absolute Gasteiger partial charge is 0.478 e. The molecule has 0 saturated carbocycles. The highest BCUT2D eigenvalue weighted by Gasteiger charge is 2.20. The molecule has 6 heteroatoms. The normalized spacial score (nSPS) is 10.1. The summed E-state index contributed by atoms with van der Waals surface area (Å²) in [6.07, 6.45) is 0. The molecule has 0 aliphatic carbocycles. The average Bonchev–Trinajstić information content (AvgIpc) is 2.10. The van der Waals surface area contributed by atoms with E-state index in [1.54, 1.807) is 0 Å². The van der Waals surface area contributed by atoms with Crippen LogP contribution in [0.25, 0.3) is 0 Å². The van der Waals surface area contributed by atoms with E-state index < -0.39 is 11.9 Å². The van der Waals surface area contributed by atoms with Crippen LogP contribution in [0, 0.1) is 6.92 Å². The molecule has 1 aromatic carbocycles. The first-order valence-corrected chi connectivity index (χ1v) is 4.57. The van der Waals surface area contributed by atoms with Gasteiger partial charge in [-0.1, -0.05) is 23.2 Å². The zero-order valence-electron chi connectivity index (χ0n) is 7.54. The Bertz CT molecular complexity index is 454. The van der Waals surface area contributed by atoms with Crippen molar-refractivity contribution in [1.82, 2.24) is 0 Å². The average molecular weight is 249 g/mol. The van der Waals surface area contributed by atoms with E-state index in [2.05, 4.69) is 0 Å². The number of carbonyl (C=O) groups is 2. The Morgan fingerprint density at radius 3 is 2.13 bits per heavy atom. The Morgan fingerprint density at radius 2 is 1.73 bits per heavy atom. The zero-order chi connectivity index (χ0) is 11.7. The molecule has 0 unspecified atom stereocenters. The predicted molar refractivity (Wildman–Crippen MR) is 55.1 cm³/mol. The fourth-order valence-corrected chi connectivity index (χ4v) is 1.73. The van der Waals surface area contributed by atoms with E-state index in [-0.39, 0.29) is 26.7 Å². The molecule has 2 N–H and O–H groups in total. The van der Waals surface area contributed by atoms with Gasteiger partial charge in [0.05, 0.1) is 21.2 Å². The molecule has 1 aromatic rings. The molecule has 0 aliphatic heterocycles. The van der Waals surface area contributed by atoms with Gasteiger partial charge >= 0.3 is 11.9 Å². The molecule has 4 nitrogen and oxygen atoms in total. The lowest BCUT2D eigenvalue weighted by molar-refractivity contribution is 0.0680. The van der Waals surface area contributed by atoms with Crippen LogP contribution in [0.15, 0.2) is 6.07 Å². The lowest BCUT2D eigenvalue weighted by Crippen LogP contribution is -2.06. The Kier molecular flexibility index (Phi) is 3.21. The highest BCUT2D eigenvalue weighted by molar-refractivity contribution is 6.38. The van der Waals surface area contributed by atoms with Crippen LogP contribution in [-0.4, -0.2) is 22.2 Å². The maximum atomic E-state index is 10.8. The third-order valence-electron chi connectivity index (χ3n) is 1.89. The van der Waals surface area contributed by atoms with Gasteiger partial charge in [0.2, 0.25) is 0 Å². The maximum Gasteiger partial charge on any atom is 0.337 e. The van der Waals surface area contributed by atoms with Crippen molar-refractivity contribution in [3.63, 3.8) is 0 Å². The Hall–Kier alpha value is -1.26. The highest BCUT2D eigenvalue weighted by Crippen LogP contribution is 2.30. The Balaban J connectivity index is 3.58. The summed E-state index contributed by atoms with van der Waals surface area (Å²) in [5.41, 5.74) is -0.232. The van der Waals surface area contributed by atoms with E-state index in [1.807, 2.05) is 0 Å². The van der Waals surface area contributed by atoms with Crippen LogP contribution in [-0.2, 0) is 0 Å². The second-order valence-electron chi connectivity index (χ2n) is 2.83. The fraction of sp³-hybridized carbons (Fsp3) is 0.111. The van der Waals surface area contributed by atoms with E-state index in [9.17, 15) is 9.59 Å². The minimum atomic E-state index is -1.25. The number of aromatic carboxylic acids is 2. The van der Waals surface area contributed by atoms with Crippen LogP contribution in [0.3, 0.4) is 0 Å². The Morgan fingerprint density at radius 1 is 1.20 bits per heavy atom. The fourth-order valence-electron chi connectivity index (χ4n) is 1.17. The van der Waals surface area contributed by atoms with Gasteiger partial charge in [0.25, 0.3) is 0 Å². The molecular formula is C9H6Cl2O4. The van der Waals surface area contributed by atoms with Crippen LogP contribution in [0.2, 0.25) is 10.0 Å². The molecule has 0 bridgehead atoms. The summed E-state index contributed by atoms with van der Waals surface area (Å²) in [7, 11) is 0. The molecule has 15 heavy (non-hydrogen) atoms. The number of carboxylic acids is 2. The van der Waals surface area contributed by atoms with Crippen LogP contribution >= 0.6 is 23.2 Å². The van der Waals surface area contributed by atoms with Gasteiger partial charge in [-0.2, -0.15) is 0 Å². The van der Waals surface area contributed by atoms with Crippen molar-refractivity contribution in [2.24, 2.45) is 0 Å². The van der Waals surface area contributed by atoms with Crippen LogP contribution in [0.1, 0.15) is 26.3 Å². The topological polar surface area (TPSA) is 74.6 Å². The maximum absolute atomic E-state index is 10.8. The van der Waals surface area contributed by atoms with E-state index in [0.717, 1.165) is 6.07 Å². The first kappa shape index (κ1) is 11.8. The lowest BCUT2D eigenvalue weighted by atomic mass is 10.0. The summed E-state index contributed by atoms with van der Waals surface area (Å²) in [6.45, 7) is 1.41. The van der Waals surface area contributed by atoms with Crippen molar-refractivity contribution in [1.29, 1.82) is 0 Å². The number of hydrogen-bond donors (Lipinski definition) is 2. The number of hydrogen-bond acceptors (Lipinski definition) is 2. The highest BCUT2D eigenvalue weighted by atomic mass is 35.5. The second kappa shape index (κ2) is 4.08. The number of halogens is 2. The molecule has 0 heterocycles. The standard InChI is InChI=1S/C9H6Cl2O4/c1-3-6(9(14)15)5(10)2-4(7(3)11)8(12)13/h2H,1H3,(H,12,13)(H,14,15). The van der Waals surface area contributed by atoms with Gasteiger partial charge in [-0.3, -0.25) is 0 Å². The van der Waals surface area contributed by atoms with Crippen molar-refractivity contribution in [3.8, 4) is 0 Å². The van der Waals surface area contributed by atoms with Crippen molar-refractivity contribution in [3.05, 3.63) is 32.8 Å². The minimum Gasteiger partial charge on any atom is -0.478 e. The molecule has 0 spiro atoms. The lowest BCUT2D eigenvalue weighted by Gasteiger charge is -2.08. The second-order valence-corrected chi connectivity index (χ2v) is 3.62. The van der Waals surface area contributed by atoms with E-state index in [4.69, 9.17) is 33.4 Å². The quantitative estimate of drug-likeness (QED) is 0.844. The molecule has 0 aromatic heterocycles. The van der Waals surface area contributed by atoms with E-state index in [0.29, 0.717) is 0 Å². The van der Waals surface area contributed by atoms with Crippen molar-refractivity contribution >= 4 is 35.1 Å². The minimum absolute atomic E-state index is 0.107. The van der Waals surface area contributed by atoms with Gasteiger partial charge in [-0.05, 0) is 18.6 Å². The molecule has 0 fully saturated rings. The summed E-state index contributed by atoms with van der Waals surface area (Å²) >= 11 is 11.3. The van der Waals surface area contributed by atoms with Gasteiger partial charge in [0.15, 0.2) is 0 Å². The van der Waals surface area contributed by atoms with Crippen LogP contribution in [0.4, 0.5) is 0 Å². The SMILES string of the molecule is Cc1c(Cl)c(C(=O)O)cc(Cl)c1C(=O)O. The summed E-state index contributed by atoms with van der Waals surface area (Å²) in [6, 6.07) is 1.03. The predicted octanol–water partition coefficient (Wildman–Crippen LogP) is 2.70. The summed E-state index contributed by atoms with van der Waals surface area (Å²) < 4.78 is 0. The third-order valence-corrected chi connectivity index (χ3v) is 2.68. The number of benzene rings is 1. The molecule has 80 valence electrons. The van der Waals surface area contributed by atoms with Crippen LogP contribution < -0.4 is 0 Å². The third kappa shape index (κ3) is 2.06. The van der Waals surface area contributed by atoms with Gasteiger partial charge in [-0.15, -0.1) is 0 Å². The summed E-state index contributed by atoms with van der Waals surface area (Å²) in [5, 5.41) is 17.3. The first-order chi connectivity index (χ1) is 6.86. The zero-order valence-corrected chi connectivity index (χ0v) is 9.06. The molecule has 0 aliphatic rings. The molecule has 0 saturated heterocycles. The first-order valence-electron chi connectivity index (χ1n) is 3.81. The van der Waals surface area contributed by atoms with Gasteiger partial charge < -0.3 is 10.2 Å². The van der Waals surface area contributed by atoms with Gasteiger partial charge in [0, 0.05) is 0 Å². The van der Waals surface area contributed by atoms with E-state index in [1.165, 1.54) is 6.92 Å². The number of carboxylic acid groups (broad SMARTS) is 2. The molecule has 0 atom stereocenters. The number of rotatable bonds is 2. The van der Waals surface area contributed by atoms with Crippen molar-refractivity contribution in [2.45, 2.75) is 6.92 Å². The van der Waals surface area contributed by atoms with Gasteiger partial charge in [-0.25, -0.2) is 9.59 Å². The monoisotopic (exact) mass is 248 g/mol. The molecule has 0 radical (unpaired) electrons. The van der Waals surface area contributed by atoms with E-state index >= 15 is 0 Å². The summed E-state index contributed by atoms with van der Waals surface area (Å²) in [5.74, 6) is -2.49. The van der Waals surface area contributed by atoms with Crippen molar-refractivity contribution in [2.75, 3.05) is 0 Å². The van der Waals surface area contributed by atoms with Crippen LogP contribution in [0.5, 0.6) is 0 Å². The van der Waals surface area contributed by atoms with Gasteiger partial charge in [0.1, 0.15) is 0 Å². The smallest absolute Gasteiger partial charge is 0.337 e. The molecular weight excluding hydrogens is 243 g/mol. The Labute approximate surface area is 95.0 Å². The molecule has 0 amide bonds. The summed E-state index contributed by atoms with van der Waals surface area (Å²) in [4.78, 5) is 21.5.